The minimum absolute atomic E-state index is 0. The van der Waals surface area contributed by atoms with Gasteiger partial charge in [0.25, 0.3) is 0 Å². The lowest BCUT2D eigenvalue weighted by Crippen LogP contribution is -2.43. The summed E-state index contributed by atoms with van der Waals surface area (Å²) >= 11 is 0. The number of rotatable bonds is 10. The van der Waals surface area contributed by atoms with Gasteiger partial charge < -0.3 is 15.2 Å². The number of hydrogen-bond acceptors (Lipinski definition) is 3. The molecule has 0 fully saturated rings. The number of aliphatic imine (C=N–C) groups is 1. The fraction of sp³-hybridized carbons (Fsp3) is 0.550. The fourth-order valence-electron chi connectivity index (χ4n) is 2.74. The van der Waals surface area contributed by atoms with Crippen LogP contribution in [0.25, 0.3) is 0 Å². The van der Waals surface area contributed by atoms with Gasteiger partial charge in [0.2, 0.25) is 0 Å². The number of nitrogens with one attached hydrogen (secondary N) is 2. The van der Waals surface area contributed by atoms with E-state index in [0.29, 0.717) is 6.04 Å². The number of guanidine groups is 1. The van der Waals surface area contributed by atoms with Gasteiger partial charge in [0.05, 0.1) is 0 Å². The number of benzene rings is 1. The number of halogens is 1. The first-order valence-corrected chi connectivity index (χ1v) is 9.68. The molecule has 0 aliphatic rings. The van der Waals surface area contributed by atoms with Crippen LogP contribution in [0.2, 0.25) is 0 Å². The molecule has 0 radical (unpaired) electrons. The Morgan fingerprint density at radius 2 is 2.00 bits per heavy atom. The van der Waals surface area contributed by atoms with Gasteiger partial charge in [-0.25, -0.2) is 0 Å². The molecule has 1 heterocycles. The van der Waals surface area contributed by atoms with Crippen molar-refractivity contribution in [1.29, 1.82) is 0 Å². The lowest BCUT2D eigenvalue weighted by Gasteiger charge is -2.19. The van der Waals surface area contributed by atoms with Crippen molar-refractivity contribution in [2.75, 3.05) is 13.1 Å². The molecule has 7 heteroatoms. The van der Waals surface area contributed by atoms with Gasteiger partial charge in [-0.2, -0.15) is 0 Å². The van der Waals surface area contributed by atoms with Crippen molar-refractivity contribution in [3.63, 3.8) is 0 Å². The third-order valence-corrected chi connectivity index (χ3v) is 4.24. The van der Waals surface area contributed by atoms with E-state index in [4.69, 9.17) is 0 Å². The van der Waals surface area contributed by atoms with Crippen LogP contribution in [0.3, 0.4) is 0 Å². The molecule has 1 aromatic carbocycles. The molecule has 0 bridgehead atoms. The molecule has 27 heavy (non-hydrogen) atoms. The molecule has 0 saturated carbocycles. The summed E-state index contributed by atoms with van der Waals surface area (Å²) in [7, 11) is 0. The van der Waals surface area contributed by atoms with Crippen LogP contribution < -0.4 is 10.6 Å². The molecule has 0 spiro atoms. The van der Waals surface area contributed by atoms with Gasteiger partial charge in [-0.15, -0.1) is 34.2 Å². The summed E-state index contributed by atoms with van der Waals surface area (Å²) in [5, 5.41) is 15.1. The van der Waals surface area contributed by atoms with Crippen LogP contribution in [-0.4, -0.2) is 39.9 Å². The summed E-state index contributed by atoms with van der Waals surface area (Å²) in [5.41, 5.74) is 1.38. The first kappa shape index (κ1) is 23.4. The fourth-order valence-corrected chi connectivity index (χ4v) is 2.74. The Labute approximate surface area is 180 Å². The topological polar surface area (TPSA) is 67.1 Å². The van der Waals surface area contributed by atoms with Crippen LogP contribution in [0, 0.1) is 0 Å². The van der Waals surface area contributed by atoms with Crippen molar-refractivity contribution in [2.45, 2.75) is 59.0 Å². The summed E-state index contributed by atoms with van der Waals surface area (Å²) in [6.07, 6.45) is 5.86. The normalized spacial score (nSPS) is 12.3. The van der Waals surface area contributed by atoms with Gasteiger partial charge in [-0.1, -0.05) is 44.2 Å². The Morgan fingerprint density at radius 1 is 1.22 bits per heavy atom. The van der Waals surface area contributed by atoms with E-state index in [1.807, 2.05) is 0 Å². The Hall–Kier alpha value is -1.64. The summed E-state index contributed by atoms with van der Waals surface area (Å²) in [6, 6.07) is 11.0. The summed E-state index contributed by atoms with van der Waals surface area (Å²) in [5.74, 6) is 1.90. The van der Waals surface area contributed by atoms with E-state index in [-0.39, 0.29) is 24.0 Å². The molecule has 150 valence electrons. The maximum absolute atomic E-state index is 4.65. The molecule has 0 amide bonds. The van der Waals surface area contributed by atoms with Gasteiger partial charge in [-0.05, 0) is 31.7 Å². The molecule has 0 aliphatic heterocycles. The van der Waals surface area contributed by atoms with Gasteiger partial charge in [0.15, 0.2) is 5.96 Å². The Bertz CT molecular complexity index is 656. The van der Waals surface area contributed by atoms with Gasteiger partial charge >= 0.3 is 0 Å². The van der Waals surface area contributed by atoms with Crippen molar-refractivity contribution >= 4 is 29.9 Å². The van der Waals surface area contributed by atoms with Crippen molar-refractivity contribution in [1.82, 2.24) is 25.4 Å². The van der Waals surface area contributed by atoms with Crippen molar-refractivity contribution in [3.05, 3.63) is 48.0 Å². The van der Waals surface area contributed by atoms with Gasteiger partial charge in [0, 0.05) is 32.1 Å². The summed E-state index contributed by atoms with van der Waals surface area (Å²) < 4.78 is 2.09. The van der Waals surface area contributed by atoms with Crippen LogP contribution in [0.5, 0.6) is 0 Å². The number of hydrogen-bond donors (Lipinski definition) is 2. The molecule has 1 aromatic heterocycles. The van der Waals surface area contributed by atoms with Crippen LogP contribution in [0.4, 0.5) is 0 Å². The quantitative estimate of drug-likeness (QED) is 0.308. The van der Waals surface area contributed by atoms with Crippen molar-refractivity contribution in [2.24, 2.45) is 4.99 Å². The maximum atomic E-state index is 4.65. The molecule has 0 aliphatic carbocycles. The van der Waals surface area contributed by atoms with E-state index in [2.05, 4.69) is 81.5 Å². The zero-order valence-corrected chi connectivity index (χ0v) is 19.0. The van der Waals surface area contributed by atoms with Gasteiger partial charge in [0.1, 0.15) is 12.2 Å². The Morgan fingerprint density at radius 3 is 2.70 bits per heavy atom. The Kier molecular flexibility index (Phi) is 11.7. The molecule has 1 atom stereocenters. The standard InChI is InChI=1S/C20H32N6.HI/c1-4-13-21-20(22-14-15-26-16-23-25-19(26)5-2)24-17(3)11-12-18-9-7-6-8-10-18;/h6-10,16-17H,4-5,11-15H2,1-3H3,(H2,21,22,24);1H. The number of aromatic nitrogens is 3. The van der Waals surface area contributed by atoms with Crippen LogP contribution in [0.15, 0.2) is 41.7 Å². The van der Waals surface area contributed by atoms with Crippen molar-refractivity contribution < 1.29 is 0 Å². The predicted molar refractivity (Wildman–Crippen MR) is 123 cm³/mol. The smallest absolute Gasteiger partial charge is 0.191 e. The third kappa shape index (κ3) is 8.73. The lowest BCUT2D eigenvalue weighted by molar-refractivity contribution is 0.580. The Balaban J connectivity index is 0.00000364. The predicted octanol–water partition coefficient (Wildman–Crippen LogP) is 3.43. The second kappa shape index (κ2) is 13.5. The van der Waals surface area contributed by atoms with Crippen LogP contribution in [-0.2, 0) is 19.4 Å². The molecule has 6 nitrogen and oxygen atoms in total. The molecule has 2 aromatic rings. The second-order valence-electron chi connectivity index (χ2n) is 6.52. The molecule has 2 N–H and O–H groups in total. The van der Waals surface area contributed by atoms with E-state index in [1.54, 1.807) is 6.33 Å². The minimum Gasteiger partial charge on any atom is -0.355 e. The van der Waals surface area contributed by atoms with Crippen LogP contribution >= 0.6 is 24.0 Å². The maximum Gasteiger partial charge on any atom is 0.191 e. The SMILES string of the molecule is CCCN=C(NCCn1cnnc1CC)NC(C)CCc1ccccc1.I. The van der Waals surface area contributed by atoms with Gasteiger partial charge in [-0.3, -0.25) is 4.99 Å². The monoisotopic (exact) mass is 484 g/mol. The van der Waals surface area contributed by atoms with E-state index >= 15 is 0 Å². The second-order valence-corrected chi connectivity index (χ2v) is 6.52. The third-order valence-electron chi connectivity index (χ3n) is 4.24. The molecule has 2 rings (SSSR count). The number of nitrogens with zero attached hydrogens (tertiary/aromatic N) is 4. The zero-order chi connectivity index (χ0) is 18.6. The zero-order valence-electron chi connectivity index (χ0n) is 16.7. The first-order chi connectivity index (χ1) is 12.7. The molecule has 1 unspecified atom stereocenters. The van der Waals surface area contributed by atoms with E-state index < -0.39 is 0 Å². The molecule has 0 saturated heterocycles. The highest BCUT2D eigenvalue weighted by Gasteiger charge is 2.07. The summed E-state index contributed by atoms with van der Waals surface area (Å²) in [4.78, 5) is 4.65. The van der Waals surface area contributed by atoms with Crippen molar-refractivity contribution in [3.8, 4) is 0 Å². The van der Waals surface area contributed by atoms with Crippen LogP contribution in [0.1, 0.15) is 45.0 Å². The highest BCUT2D eigenvalue weighted by atomic mass is 127. The van der Waals surface area contributed by atoms with E-state index in [0.717, 1.165) is 57.1 Å². The lowest BCUT2D eigenvalue weighted by atomic mass is 10.1. The first-order valence-electron chi connectivity index (χ1n) is 9.68. The van der Waals surface area contributed by atoms with E-state index in [1.165, 1.54) is 5.56 Å². The highest BCUT2D eigenvalue weighted by Crippen LogP contribution is 2.04. The minimum atomic E-state index is 0. The average Bonchev–Trinajstić information content (AvgIpc) is 3.12. The highest BCUT2D eigenvalue weighted by molar-refractivity contribution is 14.0. The van der Waals surface area contributed by atoms with E-state index in [9.17, 15) is 0 Å². The number of aryl methyl sites for hydroxylation is 2. The average molecular weight is 484 g/mol. The molecular weight excluding hydrogens is 451 g/mol. The molecular formula is C20H33IN6. The largest absolute Gasteiger partial charge is 0.355 e. The summed E-state index contributed by atoms with van der Waals surface area (Å²) in [6.45, 7) is 8.91.